The van der Waals surface area contributed by atoms with Gasteiger partial charge in [-0.05, 0) is 45.1 Å². The van der Waals surface area contributed by atoms with Crippen LogP contribution >= 0.6 is 0 Å². The molecule has 2 nitrogen and oxygen atoms in total. The zero-order chi connectivity index (χ0) is 9.90. The SMILES string of the molecule is CC(C)(O)CCC1=CCCCC1=O. The fourth-order valence-electron chi connectivity index (χ4n) is 1.50. The Hall–Kier alpha value is -0.630. The Balaban J connectivity index is 2.44. The van der Waals surface area contributed by atoms with E-state index in [9.17, 15) is 9.90 Å². The first-order valence-corrected chi connectivity index (χ1v) is 4.94. The van der Waals surface area contributed by atoms with E-state index in [2.05, 4.69) is 0 Å². The molecule has 1 N–H and O–H groups in total. The standard InChI is InChI=1S/C11H18O2/c1-11(2,13)8-7-9-5-3-4-6-10(9)12/h5,13H,3-4,6-8H2,1-2H3. The molecule has 74 valence electrons. The van der Waals surface area contributed by atoms with Crippen LogP contribution < -0.4 is 0 Å². The number of aliphatic hydroxyl groups is 1. The summed E-state index contributed by atoms with van der Waals surface area (Å²) in [5.74, 6) is 0.274. The predicted molar refractivity (Wildman–Crippen MR) is 52.5 cm³/mol. The van der Waals surface area contributed by atoms with Gasteiger partial charge in [-0.2, -0.15) is 0 Å². The molecule has 0 saturated carbocycles. The Morgan fingerprint density at radius 2 is 2.23 bits per heavy atom. The first-order chi connectivity index (χ1) is 5.99. The molecule has 2 heteroatoms. The molecular weight excluding hydrogens is 164 g/mol. The molecule has 0 spiro atoms. The van der Waals surface area contributed by atoms with Crippen LogP contribution in [0.2, 0.25) is 0 Å². The van der Waals surface area contributed by atoms with E-state index in [-0.39, 0.29) is 5.78 Å². The van der Waals surface area contributed by atoms with Crippen molar-refractivity contribution in [2.24, 2.45) is 0 Å². The molecule has 0 fully saturated rings. The summed E-state index contributed by atoms with van der Waals surface area (Å²) in [6, 6.07) is 0. The van der Waals surface area contributed by atoms with Crippen molar-refractivity contribution in [2.45, 2.75) is 51.6 Å². The molecule has 0 heterocycles. The third-order valence-corrected chi connectivity index (χ3v) is 2.36. The predicted octanol–water partition coefficient (Wildman–Crippen LogP) is 2.22. The highest BCUT2D eigenvalue weighted by Gasteiger charge is 2.18. The highest BCUT2D eigenvalue weighted by atomic mass is 16.3. The Kier molecular flexibility index (Phi) is 3.26. The summed E-state index contributed by atoms with van der Waals surface area (Å²) in [6.07, 6.45) is 6.12. The van der Waals surface area contributed by atoms with E-state index in [1.807, 2.05) is 6.08 Å². The topological polar surface area (TPSA) is 37.3 Å². The van der Waals surface area contributed by atoms with Crippen molar-refractivity contribution in [2.75, 3.05) is 0 Å². The normalized spacial score (nSPS) is 18.7. The molecule has 0 saturated heterocycles. The van der Waals surface area contributed by atoms with Crippen LogP contribution in [0.15, 0.2) is 11.6 Å². The fraction of sp³-hybridized carbons (Fsp3) is 0.727. The quantitative estimate of drug-likeness (QED) is 0.726. The van der Waals surface area contributed by atoms with Crippen LogP contribution in [0.4, 0.5) is 0 Å². The Bertz CT molecular complexity index is 221. The molecule has 1 aliphatic rings. The van der Waals surface area contributed by atoms with Gasteiger partial charge in [0.1, 0.15) is 0 Å². The van der Waals surface area contributed by atoms with Crippen LogP contribution in [-0.4, -0.2) is 16.5 Å². The van der Waals surface area contributed by atoms with E-state index in [0.717, 1.165) is 24.8 Å². The minimum Gasteiger partial charge on any atom is -0.390 e. The summed E-state index contributed by atoms with van der Waals surface area (Å²) in [4.78, 5) is 11.4. The minimum atomic E-state index is -0.654. The summed E-state index contributed by atoms with van der Waals surface area (Å²) in [5, 5.41) is 9.50. The molecule has 0 aromatic heterocycles. The van der Waals surface area contributed by atoms with Gasteiger partial charge in [-0.15, -0.1) is 0 Å². The van der Waals surface area contributed by atoms with Crippen molar-refractivity contribution in [3.63, 3.8) is 0 Å². The van der Waals surface area contributed by atoms with Gasteiger partial charge in [-0.1, -0.05) is 6.08 Å². The average Bonchev–Trinajstić information content (AvgIpc) is 2.01. The second kappa shape index (κ2) is 4.05. The fourth-order valence-corrected chi connectivity index (χ4v) is 1.50. The summed E-state index contributed by atoms with van der Waals surface area (Å²) < 4.78 is 0. The van der Waals surface area contributed by atoms with Crippen LogP contribution in [0.3, 0.4) is 0 Å². The molecule has 1 aliphatic carbocycles. The largest absolute Gasteiger partial charge is 0.390 e. The van der Waals surface area contributed by atoms with Crippen molar-refractivity contribution < 1.29 is 9.90 Å². The van der Waals surface area contributed by atoms with E-state index in [1.54, 1.807) is 13.8 Å². The highest BCUT2D eigenvalue weighted by Crippen LogP contribution is 2.21. The monoisotopic (exact) mass is 182 g/mol. The maximum Gasteiger partial charge on any atom is 0.158 e. The number of carbonyl (C=O) groups is 1. The second-order valence-corrected chi connectivity index (χ2v) is 4.36. The number of hydrogen-bond acceptors (Lipinski definition) is 2. The lowest BCUT2D eigenvalue weighted by Gasteiger charge is -2.18. The van der Waals surface area contributed by atoms with Crippen LogP contribution in [-0.2, 0) is 4.79 Å². The Morgan fingerprint density at radius 1 is 1.54 bits per heavy atom. The van der Waals surface area contributed by atoms with Crippen molar-refractivity contribution in [1.29, 1.82) is 0 Å². The Morgan fingerprint density at radius 3 is 2.77 bits per heavy atom. The zero-order valence-electron chi connectivity index (χ0n) is 8.47. The molecule has 0 aromatic carbocycles. The van der Waals surface area contributed by atoms with E-state index in [4.69, 9.17) is 0 Å². The first-order valence-electron chi connectivity index (χ1n) is 4.94. The lowest BCUT2D eigenvalue weighted by atomic mass is 9.91. The summed E-state index contributed by atoms with van der Waals surface area (Å²) in [5.41, 5.74) is 0.270. The average molecular weight is 182 g/mol. The van der Waals surface area contributed by atoms with Gasteiger partial charge in [-0.25, -0.2) is 0 Å². The number of carbonyl (C=O) groups excluding carboxylic acids is 1. The smallest absolute Gasteiger partial charge is 0.158 e. The molecule has 1 rings (SSSR count). The third kappa shape index (κ3) is 3.73. The van der Waals surface area contributed by atoms with E-state index < -0.39 is 5.60 Å². The van der Waals surface area contributed by atoms with Gasteiger partial charge in [0.05, 0.1) is 5.60 Å². The van der Waals surface area contributed by atoms with E-state index >= 15 is 0 Å². The molecule has 0 amide bonds. The molecule has 13 heavy (non-hydrogen) atoms. The lowest BCUT2D eigenvalue weighted by Crippen LogP contribution is -2.19. The van der Waals surface area contributed by atoms with Gasteiger partial charge in [-0.3, -0.25) is 4.79 Å². The maximum absolute atomic E-state index is 11.4. The van der Waals surface area contributed by atoms with E-state index in [0.29, 0.717) is 12.8 Å². The lowest BCUT2D eigenvalue weighted by molar-refractivity contribution is -0.116. The van der Waals surface area contributed by atoms with Crippen LogP contribution in [0.1, 0.15) is 46.0 Å². The first kappa shape index (κ1) is 10.5. The molecular formula is C11H18O2. The van der Waals surface area contributed by atoms with Crippen LogP contribution in [0.25, 0.3) is 0 Å². The maximum atomic E-state index is 11.4. The molecule has 0 atom stereocenters. The van der Waals surface area contributed by atoms with Gasteiger partial charge in [0, 0.05) is 6.42 Å². The van der Waals surface area contributed by atoms with Crippen LogP contribution in [0, 0.1) is 0 Å². The number of allylic oxidation sites excluding steroid dienone is 2. The second-order valence-electron chi connectivity index (χ2n) is 4.36. The molecule has 0 aromatic rings. The summed E-state index contributed by atoms with van der Waals surface area (Å²) in [6.45, 7) is 3.56. The highest BCUT2D eigenvalue weighted by molar-refractivity contribution is 5.95. The van der Waals surface area contributed by atoms with Gasteiger partial charge >= 0.3 is 0 Å². The number of Topliss-reactive ketones (excluding diaryl/α,β-unsaturated/α-hetero) is 1. The van der Waals surface area contributed by atoms with Gasteiger partial charge in [0.2, 0.25) is 0 Å². The number of ketones is 1. The summed E-state index contributed by atoms with van der Waals surface area (Å²) >= 11 is 0. The van der Waals surface area contributed by atoms with Crippen molar-refractivity contribution >= 4 is 5.78 Å². The van der Waals surface area contributed by atoms with Gasteiger partial charge in [0.15, 0.2) is 5.78 Å². The molecule has 0 bridgehead atoms. The summed E-state index contributed by atoms with van der Waals surface area (Å²) in [7, 11) is 0. The van der Waals surface area contributed by atoms with Crippen molar-refractivity contribution in [3.8, 4) is 0 Å². The third-order valence-electron chi connectivity index (χ3n) is 2.36. The minimum absolute atomic E-state index is 0.274. The Labute approximate surface area is 79.6 Å². The van der Waals surface area contributed by atoms with Crippen molar-refractivity contribution in [3.05, 3.63) is 11.6 Å². The van der Waals surface area contributed by atoms with Crippen molar-refractivity contribution in [1.82, 2.24) is 0 Å². The van der Waals surface area contributed by atoms with Gasteiger partial charge in [0.25, 0.3) is 0 Å². The van der Waals surface area contributed by atoms with Gasteiger partial charge < -0.3 is 5.11 Å². The molecule has 0 radical (unpaired) electrons. The molecule has 0 unspecified atom stereocenters. The molecule has 0 aliphatic heterocycles. The number of rotatable bonds is 3. The van der Waals surface area contributed by atoms with Crippen LogP contribution in [0.5, 0.6) is 0 Å². The number of hydrogen-bond donors (Lipinski definition) is 1. The van der Waals surface area contributed by atoms with E-state index in [1.165, 1.54) is 0 Å². The zero-order valence-corrected chi connectivity index (χ0v) is 8.47.